The average Bonchev–Trinajstić information content (AvgIpc) is 3.15. The number of carbonyl (C=O) groups excluding carboxylic acids is 1. The van der Waals surface area contributed by atoms with E-state index in [0.717, 1.165) is 5.56 Å². The summed E-state index contributed by atoms with van der Waals surface area (Å²) in [7, 11) is 0. The quantitative estimate of drug-likeness (QED) is 0.318. The SMILES string of the molecule is CC[C@H](C(=O)Nc1ccc(C)c(Cl)c1)n1c(SCc2ccccc2F)nc2cccnc21. The van der Waals surface area contributed by atoms with E-state index in [1.165, 1.54) is 17.8 Å². The zero-order valence-corrected chi connectivity index (χ0v) is 19.3. The number of benzene rings is 2. The fourth-order valence-electron chi connectivity index (χ4n) is 3.43. The number of halogens is 2. The number of hydrogen-bond donors (Lipinski definition) is 1. The van der Waals surface area contributed by atoms with Crippen molar-refractivity contribution >= 4 is 46.1 Å². The molecule has 8 heteroatoms. The summed E-state index contributed by atoms with van der Waals surface area (Å²) in [5.41, 5.74) is 3.45. The van der Waals surface area contributed by atoms with Gasteiger partial charge in [0.2, 0.25) is 5.91 Å². The number of anilines is 1. The maximum absolute atomic E-state index is 14.1. The molecule has 0 saturated heterocycles. The van der Waals surface area contributed by atoms with Gasteiger partial charge in [0.15, 0.2) is 10.8 Å². The Kier molecular flexibility index (Phi) is 6.77. The summed E-state index contributed by atoms with van der Waals surface area (Å²) in [4.78, 5) is 22.4. The number of fused-ring (bicyclic) bond motifs is 1. The van der Waals surface area contributed by atoms with Gasteiger partial charge in [0.05, 0.1) is 0 Å². The predicted octanol–water partition coefficient (Wildman–Crippen LogP) is 6.41. The molecule has 2 aromatic carbocycles. The normalized spacial score (nSPS) is 12.1. The Morgan fingerprint density at radius 2 is 2.03 bits per heavy atom. The summed E-state index contributed by atoms with van der Waals surface area (Å²) in [6.07, 6.45) is 2.21. The number of hydrogen-bond acceptors (Lipinski definition) is 4. The molecule has 0 fully saturated rings. The van der Waals surface area contributed by atoms with E-state index in [4.69, 9.17) is 11.6 Å². The van der Waals surface area contributed by atoms with Crippen molar-refractivity contribution in [2.75, 3.05) is 5.32 Å². The second-order valence-corrected chi connectivity index (χ2v) is 8.72. The molecular weight excluding hydrogens is 447 g/mol. The van der Waals surface area contributed by atoms with Crippen LogP contribution in [0.4, 0.5) is 10.1 Å². The molecule has 0 unspecified atom stereocenters. The average molecular weight is 469 g/mol. The maximum Gasteiger partial charge on any atom is 0.247 e. The molecule has 4 rings (SSSR count). The summed E-state index contributed by atoms with van der Waals surface area (Å²) in [6, 6.07) is 15.2. The molecular formula is C24H22ClFN4OS. The van der Waals surface area contributed by atoms with Crippen molar-refractivity contribution < 1.29 is 9.18 Å². The standard InChI is InChI=1S/C24H22ClFN4OS/c1-3-21(23(31)28-17-11-10-15(2)18(25)13-17)30-22-20(9-6-12-27-22)29-24(30)32-14-16-7-4-5-8-19(16)26/h4-13,21H,3,14H2,1-2H3,(H,28,31)/t21-/m1/s1. The Morgan fingerprint density at radius 3 is 2.78 bits per heavy atom. The van der Waals surface area contributed by atoms with Crippen molar-refractivity contribution in [3.8, 4) is 0 Å². The second kappa shape index (κ2) is 9.71. The Balaban J connectivity index is 1.67. The van der Waals surface area contributed by atoms with Gasteiger partial charge in [0.1, 0.15) is 17.4 Å². The van der Waals surface area contributed by atoms with E-state index >= 15 is 0 Å². The molecule has 1 N–H and O–H groups in total. The number of thioether (sulfide) groups is 1. The topological polar surface area (TPSA) is 59.8 Å². The van der Waals surface area contributed by atoms with E-state index in [0.29, 0.717) is 44.8 Å². The first-order valence-electron chi connectivity index (χ1n) is 10.2. The van der Waals surface area contributed by atoms with Crippen molar-refractivity contribution in [1.82, 2.24) is 14.5 Å². The van der Waals surface area contributed by atoms with Crippen LogP contribution in [0.15, 0.2) is 66.0 Å². The first kappa shape index (κ1) is 22.3. The molecule has 1 atom stereocenters. The number of nitrogens with one attached hydrogen (secondary N) is 1. The van der Waals surface area contributed by atoms with Crippen LogP contribution in [0, 0.1) is 12.7 Å². The molecule has 0 aliphatic heterocycles. The van der Waals surface area contributed by atoms with Crippen LogP contribution in [-0.2, 0) is 10.5 Å². The highest BCUT2D eigenvalue weighted by Gasteiger charge is 2.25. The number of carbonyl (C=O) groups is 1. The lowest BCUT2D eigenvalue weighted by atomic mass is 10.2. The number of pyridine rings is 1. The summed E-state index contributed by atoms with van der Waals surface area (Å²) < 4.78 is 16.0. The van der Waals surface area contributed by atoms with Crippen molar-refractivity contribution in [3.05, 3.63) is 82.8 Å². The van der Waals surface area contributed by atoms with Crippen LogP contribution in [-0.4, -0.2) is 20.4 Å². The number of aryl methyl sites for hydroxylation is 1. The Labute approximate surface area is 195 Å². The largest absolute Gasteiger partial charge is 0.324 e. The van der Waals surface area contributed by atoms with Crippen LogP contribution in [0.25, 0.3) is 11.2 Å². The molecule has 0 spiro atoms. The molecule has 0 aliphatic carbocycles. The van der Waals surface area contributed by atoms with Crippen molar-refractivity contribution in [2.24, 2.45) is 0 Å². The van der Waals surface area contributed by atoms with Gasteiger partial charge in [-0.2, -0.15) is 0 Å². The van der Waals surface area contributed by atoms with Crippen LogP contribution in [0.1, 0.15) is 30.5 Å². The molecule has 4 aromatic rings. The van der Waals surface area contributed by atoms with Crippen molar-refractivity contribution in [2.45, 2.75) is 37.2 Å². The number of amides is 1. The van der Waals surface area contributed by atoms with Crippen LogP contribution in [0.3, 0.4) is 0 Å². The molecule has 0 bridgehead atoms. The lowest BCUT2D eigenvalue weighted by Gasteiger charge is -2.19. The summed E-state index contributed by atoms with van der Waals surface area (Å²) in [6.45, 7) is 3.84. The zero-order valence-electron chi connectivity index (χ0n) is 17.7. The fraction of sp³-hybridized carbons (Fsp3) is 0.208. The molecule has 0 aliphatic rings. The van der Waals surface area contributed by atoms with Gasteiger partial charge in [-0.25, -0.2) is 14.4 Å². The number of aromatic nitrogens is 3. The monoisotopic (exact) mass is 468 g/mol. The summed E-state index contributed by atoms with van der Waals surface area (Å²) in [5, 5.41) is 4.16. The Bertz CT molecular complexity index is 1280. The van der Waals surface area contributed by atoms with Gasteiger partial charge in [-0.3, -0.25) is 9.36 Å². The lowest BCUT2D eigenvalue weighted by molar-refractivity contribution is -0.119. The first-order valence-corrected chi connectivity index (χ1v) is 11.6. The second-order valence-electron chi connectivity index (χ2n) is 7.37. The molecule has 2 aromatic heterocycles. The minimum absolute atomic E-state index is 0.190. The third-order valence-electron chi connectivity index (χ3n) is 5.17. The molecule has 0 radical (unpaired) electrons. The van der Waals surface area contributed by atoms with Crippen molar-refractivity contribution in [1.29, 1.82) is 0 Å². The van der Waals surface area contributed by atoms with E-state index in [9.17, 15) is 9.18 Å². The smallest absolute Gasteiger partial charge is 0.247 e. The van der Waals surface area contributed by atoms with E-state index < -0.39 is 6.04 Å². The summed E-state index contributed by atoms with van der Waals surface area (Å²) >= 11 is 7.60. The molecule has 32 heavy (non-hydrogen) atoms. The Hall–Kier alpha value is -2.90. The van der Waals surface area contributed by atoms with Gasteiger partial charge >= 0.3 is 0 Å². The highest BCUT2D eigenvalue weighted by atomic mass is 35.5. The fourth-order valence-corrected chi connectivity index (χ4v) is 4.65. The van der Waals surface area contributed by atoms with Gasteiger partial charge in [-0.15, -0.1) is 0 Å². The Morgan fingerprint density at radius 1 is 1.22 bits per heavy atom. The third kappa shape index (κ3) is 4.64. The first-order chi connectivity index (χ1) is 15.5. The molecule has 164 valence electrons. The van der Waals surface area contributed by atoms with E-state index in [-0.39, 0.29) is 11.7 Å². The number of nitrogens with zero attached hydrogens (tertiary/aromatic N) is 3. The highest BCUT2D eigenvalue weighted by Crippen LogP contribution is 2.31. The van der Waals surface area contributed by atoms with Gasteiger partial charge < -0.3 is 5.32 Å². The molecule has 0 saturated carbocycles. The predicted molar refractivity (Wildman–Crippen MR) is 128 cm³/mol. The van der Waals surface area contributed by atoms with Gasteiger partial charge in [-0.1, -0.05) is 54.6 Å². The van der Waals surface area contributed by atoms with E-state index in [1.54, 1.807) is 36.5 Å². The maximum atomic E-state index is 14.1. The van der Waals surface area contributed by atoms with Gasteiger partial charge in [0, 0.05) is 22.7 Å². The van der Waals surface area contributed by atoms with Crippen molar-refractivity contribution in [3.63, 3.8) is 0 Å². The minimum atomic E-state index is -0.543. The number of imidazole rings is 1. The van der Waals surface area contributed by atoms with E-state index in [1.807, 2.05) is 36.6 Å². The van der Waals surface area contributed by atoms with Crippen LogP contribution in [0.5, 0.6) is 0 Å². The number of rotatable bonds is 7. The molecule has 2 heterocycles. The minimum Gasteiger partial charge on any atom is -0.324 e. The molecule has 1 amide bonds. The van der Waals surface area contributed by atoms with Gasteiger partial charge in [0.25, 0.3) is 0 Å². The van der Waals surface area contributed by atoms with Gasteiger partial charge in [-0.05, 0) is 54.8 Å². The molecule has 5 nitrogen and oxygen atoms in total. The van der Waals surface area contributed by atoms with E-state index in [2.05, 4.69) is 15.3 Å². The zero-order chi connectivity index (χ0) is 22.7. The van der Waals surface area contributed by atoms with Crippen LogP contribution in [0.2, 0.25) is 5.02 Å². The summed E-state index contributed by atoms with van der Waals surface area (Å²) in [5.74, 6) is -0.0614. The lowest BCUT2D eigenvalue weighted by Crippen LogP contribution is -2.26. The third-order valence-corrected chi connectivity index (χ3v) is 6.58. The highest BCUT2D eigenvalue weighted by molar-refractivity contribution is 7.98. The van der Waals surface area contributed by atoms with Crippen LogP contribution >= 0.6 is 23.4 Å². The van der Waals surface area contributed by atoms with Crippen LogP contribution < -0.4 is 5.32 Å².